The minimum Gasteiger partial charge on any atom is -0.379 e. The molecular weight excluding hydrogens is 302 g/mol. The smallest absolute Gasteiger partial charge is 0.255 e. The van der Waals surface area contributed by atoms with Gasteiger partial charge in [0, 0.05) is 50.2 Å². The van der Waals surface area contributed by atoms with Crippen molar-refractivity contribution in [3.63, 3.8) is 0 Å². The molecule has 0 saturated carbocycles. The molecule has 3 heterocycles. The maximum absolute atomic E-state index is 13.1. The molecule has 1 aromatic rings. The quantitative estimate of drug-likeness (QED) is 0.848. The number of morpholine rings is 1. The Bertz CT molecular complexity index is 590. The average molecular weight is 333 g/mol. The molecule has 3 rings (SSSR count). The van der Waals surface area contributed by atoms with Crippen molar-refractivity contribution in [2.45, 2.75) is 46.7 Å². The molecule has 2 atom stereocenters. The Morgan fingerprint density at radius 3 is 2.50 bits per heavy atom. The molecule has 0 unspecified atom stereocenters. The summed E-state index contributed by atoms with van der Waals surface area (Å²) >= 11 is 0. The van der Waals surface area contributed by atoms with Gasteiger partial charge in [0.15, 0.2) is 0 Å². The third kappa shape index (κ3) is 3.11. The first-order valence-corrected chi connectivity index (χ1v) is 9.34. The molecule has 0 N–H and O–H groups in total. The van der Waals surface area contributed by atoms with E-state index in [1.165, 1.54) is 5.69 Å². The summed E-state index contributed by atoms with van der Waals surface area (Å²) in [4.78, 5) is 17.7. The molecule has 0 aliphatic carbocycles. The van der Waals surface area contributed by atoms with Crippen LogP contribution in [0.2, 0.25) is 0 Å². The van der Waals surface area contributed by atoms with Crippen LogP contribution < -0.4 is 0 Å². The van der Waals surface area contributed by atoms with E-state index in [1.54, 1.807) is 0 Å². The molecule has 0 spiro atoms. The maximum Gasteiger partial charge on any atom is 0.255 e. The van der Waals surface area contributed by atoms with Gasteiger partial charge in [-0.3, -0.25) is 9.69 Å². The van der Waals surface area contributed by atoms with Crippen LogP contribution in [0.4, 0.5) is 0 Å². The molecule has 1 aromatic heterocycles. The number of rotatable bonds is 4. The topological polar surface area (TPSA) is 37.7 Å². The van der Waals surface area contributed by atoms with Gasteiger partial charge in [0.05, 0.1) is 18.8 Å². The fraction of sp³-hybridized carbons (Fsp3) is 0.737. The van der Waals surface area contributed by atoms with Crippen LogP contribution in [0.1, 0.15) is 42.0 Å². The van der Waals surface area contributed by atoms with Gasteiger partial charge >= 0.3 is 0 Å². The highest BCUT2D eigenvalue weighted by atomic mass is 16.5. The van der Waals surface area contributed by atoms with Gasteiger partial charge in [-0.25, -0.2) is 0 Å². The molecule has 24 heavy (non-hydrogen) atoms. The molecule has 5 heteroatoms. The first-order chi connectivity index (χ1) is 11.6. The second-order valence-corrected chi connectivity index (χ2v) is 7.12. The molecule has 134 valence electrons. The summed E-state index contributed by atoms with van der Waals surface area (Å²) in [5, 5.41) is 0. The Balaban J connectivity index is 1.76. The van der Waals surface area contributed by atoms with Crippen molar-refractivity contribution in [2.24, 2.45) is 5.92 Å². The van der Waals surface area contributed by atoms with Crippen molar-refractivity contribution in [2.75, 3.05) is 39.4 Å². The monoisotopic (exact) mass is 333 g/mol. The van der Waals surface area contributed by atoms with E-state index in [1.807, 2.05) is 0 Å². The van der Waals surface area contributed by atoms with Crippen LogP contribution in [0, 0.1) is 19.8 Å². The van der Waals surface area contributed by atoms with Crippen LogP contribution in [0.5, 0.6) is 0 Å². The highest BCUT2D eigenvalue weighted by Gasteiger charge is 2.38. The number of aryl methyl sites for hydroxylation is 1. The van der Waals surface area contributed by atoms with Gasteiger partial charge in [0.25, 0.3) is 5.91 Å². The van der Waals surface area contributed by atoms with Gasteiger partial charge in [0.2, 0.25) is 0 Å². The summed E-state index contributed by atoms with van der Waals surface area (Å²) in [6, 6.07) is 2.54. The van der Waals surface area contributed by atoms with Gasteiger partial charge in [-0.15, -0.1) is 0 Å². The van der Waals surface area contributed by atoms with Crippen molar-refractivity contribution >= 4 is 5.91 Å². The summed E-state index contributed by atoms with van der Waals surface area (Å²) in [6.45, 7) is 14.8. The molecule has 0 bridgehead atoms. The highest BCUT2D eigenvalue weighted by Crippen LogP contribution is 2.28. The average Bonchev–Trinajstić information content (AvgIpc) is 3.16. The number of likely N-dealkylation sites (tertiary alicyclic amines) is 1. The number of carbonyl (C=O) groups is 1. The Hall–Kier alpha value is -1.33. The molecule has 0 aromatic carbocycles. The Morgan fingerprint density at radius 1 is 1.21 bits per heavy atom. The van der Waals surface area contributed by atoms with Crippen molar-refractivity contribution in [1.29, 1.82) is 0 Å². The predicted octanol–water partition coefficient (Wildman–Crippen LogP) is 2.31. The zero-order valence-electron chi connectivity index (χ0n) is 15.5. The van der Waals surface area contributed by atoms with Crippen molar-refractivity contribution < 1.29 is 9.53 Å². The summed E-state index contributed by atoms with van der Waals surface area (Å²) < 4.78 is 7.71. The summed E-state index contributed by atoms with van der Waals surface area (Å²) in [6.07, 6.45) is 1.12. The van der Waals surface area contributed by atoms with Gasteiger partial charge in [-0.05, 0) is 32.8 Å². The second kappa shape index (κ2) is 7.28. The molecule has 5 nitrogen and oxygen atoms in total. The standard InChI is InChI=1S/C19H31N3O2/c1-5-16-12-21(13-18(16)20-7-9-24-10-8-20)19(23)17-11-14(3)22(6-2)15(17)4/h11,16,18H,5-10,12-13H2,1-4H3/t16-,18-/m1/s1. The third-order valence-electron chi connectivity index (χ3n) is 5.85. The van der Waals surface area contributed by atoms with Crippen LogP contribution in [0.25, 0.3) is 0 Å². The van der Waals surface area contributed by atoms with E-state index >= 15 is 0 Å². The van der Waals surface area contributed by atoms with E-state index < -0.39 is 0 Å². The van der Waals surface area contributed by atoms with E-state index in [0.717, 1.165) is 63.6 Å². The van der Waals surface area contributed by atoms with Crippen LogP contribution in [-0.2, 0) is 11.3 Å². The SMILES string of the molecule is CC[C@@H]1CN(C(=O)c2cc(C)n(CC)c2C)C[C@H]1N1CCOCC1. The number of aromatic nitrogens is 1. The van der Waals surface area contributed by atoms with E-state index in [-0.39, 0.29) is 5.91 Å². The molecule has 2 aliphatic heterocycles. The molecule has 0 radical (unpaired) electrons. The van der Waals surface area contributed by atoms with E-state index in [0.29, 0.717) is 12.0 Å². The number of carbonyl (C=O) groups excluding carboxylic acids is 1. The van der Waals surface area contributed by atoms with Crippen molar-refractivity contribution in [3.05, 3.63) is 23.0 Å². The zero-order chi connectivity index (χ0) is 17.3. The number of ether oxygens (including phenoxy) is 1. The lowest BCUT2D eigenvalue weighted by molar-refractivity contribution is 0.0103. The zero-order valence-corrected chi connectivity index (χ0v) is 15.5. The van der Waals surface area contributed by atoms with Crippen LogP contribution in [0.3, 0.4) is 0 Å². The minimum absolute atomic E-state index is 0.206. The molecular formula is C19H31N3O2. The van der Waals surface area contributed by atoms with E-state index in [9.17, 15) is 4.79 Å². The van der Waals surface area contributed by atoms with Crippen molar-refractivity contribution in [1.82, 2.24) is 14.4 Å². The lowest BCUT2D eigenvalue weighted by Crippen LogP contribution is -2.47. The lowest BCUT2D eigenvalue weighted by Gasteiger charge is -2.34. The second-order valence-electron chi connectivity index (χ2n) is 7.12. The minimum atomic E-state index is 0.206. The maximum atomic E-state index is 13.1. The Labute approximate surface area is 145 Å². The summed E-state index contributed by atoms with van der Waals surface area (Å²) in [7, 11) is 0. The van der Waals surface area contributed by atoms with Crippen LogP contribution in [0.15, 0.2) is 6.07 Å². The van der Waals surface area contributed by atoms with Gasteiger partial charge < -0.3 is 14.2 Å². The Morgan fingerprint density at radius 2 is 1.92 bits per heavy atom. The molecule has 1 amide bonds. The van der Waals surface area contributed by atoms with Crippen molar-refractivity contribution in [3.8, 4) is 0 Å². The molecule has 2 saturated heterocycles. The third-order valence-corrected chi connectivity index (χ3v) is 5.85. The highest BCUT2D eigenvalue weighted by molar-refractivity contribution is 5.96. The largest absolute Gasteiger partial charge is 0.379 e. The fourth-order valence-electron chi connectivity index (χ4n) is 4.42. The number of hydrogen-bond acceptors (Lipinski definition) is 3. The predicted molar refractivity (Wildman–Crippen MR) is 95.4 cm³/mol. The summed E-state index contributed by atoms with van der Waals surface area (Å²) in [5.41, 5.74) is 3.16. The van der Waals surface area contributed by atoms with E-state index in [2.05, 4.69) is 48.1 Å². The summed E-state index contributed by atoms with van der Waals surface area (Å²) in [5.74, 6) is 0.777. The van der Waals surface area contributed by atoms with E-state index in [4.69, 9.17) is 4.74 Å². The normalized spacial score (nSPS) is 25.4. The fourth-order valence-corrected chi connectivity index (χ4v) is 4.42. The van der Waals surface area contributed by atoms with Crippen LogP contribution >= 0.6 is 0 Å². The van der Waals surface area contributed by atoms with Gasteiger partial charge in [0.1, 0.15) is 0 Å². The van der Waals surface area contributed by atoms with Crippen LogP contribution in [-0.4, -0.2) is 65.7 Å². The Kier molecular flexibility index (Phi) is 5.30. The number of nitrogens with zero attached hydrogens (tertiary/aromatic N) is 3. The first-order valence-electron chi connectivity index (χ1n) is 9.34. The number of hydrogen-bond donors (Lipinski definition) is 0. The molecule has 2 fully saturated rings. The number of amides is 1. The molecule has 2 aliphatic rings. The van der Waals surface area contributed by atoms with Gasteiger partial charge in [-0.1, -0.05) is 13.3 Å². The first kappa shape index (κ1) is 17.5. The lowest BCUT2D eigenvalue weighted by atomic mass is 9.99. The van der Waals surface area contributed by atoms with Gasteiger partial charge in [-0.2, -0.15) is 0 Å².